The standard InChI is InChI=1S/C45H60N4O5S/c1-37-23-25-42(26-24-37)55(51,52)48(31-33-49(2,3)32-15-5-6-16-34-54-36-38-17-13-14-22-43(38)53-4)30-29-47-28-27-41(35-47)45(44(46)50,39-18-9-7-10-19-39)40-20-11-8-12-21-40/h7-14,17-26,41H,5-6,15-16,27-36H2,1-4H3,(H-,46,50)/p+1. The highest BCUT2D eigenvalue weighted by Gasteiger charge is 2.49. The SMILES string of the molecule is COc1ccccc1COCCCCCC[N+](C)(C)CCN(CCN1CCC(C(C(N)=O)(c2ccccc2)c2ccccc2)C1)S(=O)(=O)c1ccc(C)cc1. The molecule has 1 atom stereocenters. The summed E-state index contributed by atoms with van der Waals surface area (Å²) in [6.45, 7) is 7.60. The van der Waals surface area contributed by atoms with Crippen molar-refractivity contribution in [1.82, 2.24) is 9.21 Å². The maximum absolute atomic E-state index is 14.2. The zero-order chi connectivity index (χ0) is 39.3. The molecule has 1 aliphatic rings. The fourth-order valence-electron chi connectivity index (χ4n) is 7.98. The second-order valence-corrected chi connectivity index (χ2v) is 17.5. The predicted octanol–water partition coefficient (Wildman–Crippen LogP) is 6.64. The van der Waals surface area contributed by atoms with E-state index < -0.39 is 15.4 Å². The van der Waals surface area contributed by atoms with Crippen molar-refractivity contribution in [3.8, 4) is 5.75 Å². The van der Waals surface area contributed by atoms with Crippen molar-refractivity contribution in [3.63, 3.8) is 0 Å². The van der Waals surface area contributed by atoms with Gasteiger partial charge in [0.2, 0.25) is 15.9 Å². The summed E-state index contributed by atoms with van der Waals surface area (Å²) in [4.78, 5) is 16.2. The number of aryl methyl sites for hydroxylation is 1. The number of sulfonamides is 1. The van der Waals surface area contributed by atoms with Gasteiger partial charge < -0.3 is 24.6 Å². The highest BCUT2D eigenvalue weighted by molar-refractivity contribution is 7.89. The molecular formula is C45H61N4O5S+. The molecule has 1 amide bonds. The summed E-state index contributed by atoms with van der Waals surface area (Å²) in [6.07, 6.45) is 5.01. The molecule has 9 nitrogen and oxygen atoms in total. The summed E-state index contributed by atoms with van der Waals surface area (Å²) in [5.74, 6) is 0.426. The van der Waals surface area contributed by atoms with E-state index in [4.69, 9.17) is 15.2 Å². The Kier molecular flexibility index (Phi) is 15.1. The van der Waals surface area contributed by atoms with Crippen LogP contribution in [0.4, 0.5) is 0 Å². The molecule has 1 aliphatic heterocycles. The van der Waals surface area contributed by atoms with E-state index in [1.54, 1.807) is 23.5 Å². The van der Waals surface area contributed by atoms with Crippen LogP contribution >= 0.6 is 0 Å². The second kappa shape index (κ2) is 19.7. The van der Waals surface area contributed by atoms with Gasteiger partial charge in [-0.25, -0.2) is 8.42 Å². The fourth-order valence-corrected chi connectivity index (χ4v) is 9.40. The second-order valence-electron chi connectivity index (χ2n) is 15.6. The predicted molar refractivity (Wildman–Crippen MR) is 220 cm³/mol. The first-order valence-electron chi connectivity index (χ1n) is 19.7. The number of ether oxygens (including phenoxy) is 2. The van der Waals surface area contributed by atoms with Gasteiger partial charge in [-0.05, 0) is 74.4 Å². The average molecular weight is 770 g/mol. The lowest BCUT2D eigenvalue weighted by Gasteiger charge is -2.37. The van der Waals surface area contributed by atoms with Crippen LogP contribution in [-0.4, -0.2) is 102 Å². The Morgan fingerprint density at radius 1 is 0.836 bits per heavy atom. The van der Waals surface area contributed by atoms with E-state index >= 15 is 0 Å². The number of nitrogens with zero attached hydrogens (tertiary/aromatic N) is 3. The van der Waals surface area contributed by atoms with Gasteiger partial charge in [0.1, 0.15) is 11.2 Å². The van der Waals surface area contributed by atoms with Crippen LogP contribution in [0.25, 0.3) is 0 Å². The van der Waals surface area contributed by atoms with Crippen LogP contribution < -0.4 is 10.5 Å². The molecule has 0 saturated carbocycles. The number of carbonyl (C=O) groups is 1. The quantitative estimate of drug-likeness (QED) is 0.0711. The van der Waals surface area contributed by atoms with Crippen LogP contribution in [0.5, 0.6) is 5.75 Å². The Morgan fingerprint density at radius 3 is 2.09 bits per heavy atom. The maximum Gasteiger partial charge on any atom is 0.243 e. The zero-order valence-electron chi connectivity index (χ0n) is 33.2. The molecule has 10 heteroatoms. The lowest BCUT2D eigenvalue weighted by molar-refractivity contribution is -0.889. The van der Waals surface area contributed by atoms with Crippen molar-refractivity contribution >= 4 is 15.9 Å². The number of unbranched alkanes of at least 4 members (excludes halogenated alkanes) is 3. The molecule has 4 aromatic rings. The number of para-hydroxylation sites is 1. The maximum atomic E-state index is 14.2. The third kappa shape index (κ3) is 10.8. The Labute approximate surface area is 329 Å². The van der Waals surface area contributed by atoms with Crippen molar-refractivity contribution in [2.24, 2.45) is 11.7 Å². The molecule has 1 saturated heterocycles. The number of benzene rings is 4. The van der Waals surface area contributed by atoms with Gasteiger partial charge in [-0.15, -0.1) is 0 Å². The number of quaternary nitrogens is 1. The molecule has 0 aliphatic carbocycles. The number of hydrogen-bond donors (Lipinski definition) is 1. The Hall–Kier alpha value is -4.06. The van der Waals surface area contributed by atoms with Crippen molar-refractivity contribution in [2.75, 3.05) is 73.6 Å². The van der Waals surface area contributed by atoms with E-state index in [0.29, 0.717) is 50.8 Å². The highest BCUT2D eigenvalue weighted by atomic mass is 32.2. The van der Waals surface area contributed by atoms with Gasteiger partial charge in [0.05, 0.1) is 52.3 Å². The summed E-state index contributed by atoms with van der Waals surface area (Å²) < 4.78 is 42.1. The molecule has 296 valence electrons. The number of carbonyl (C=O) groups excluding carboxylic acids is 1. The number of nitrogens with two attached hydrogens (primary N) is 1. The van der Waals surface area contributed by atoms with E-state index in [0.717, 1.165) is 77.7 Å². The van der Waals surface area contributed by atoms with Gasteiger partial charge in [-0.2, -0.15) is 4.31 Å². The number of methoxy groups -OCH3 is 1. The lowest BCUT2D eigenvalue weighted by atomic mass is 9.64. The lowest BCUT2D eigenvalue weighted by Crippen LogP contribution is -2.50. The van der Waals surface area contributed by atoms with Crippen LogP contribution in [0.15, 0.2) is 114 Å². The van der Waals surface area contributed by atoms with E-state index in [1.807, 2.05) is 104 Å². The van der Waals surface area contributed by atoms with E-state index in [1.165, 1.54) is 0 Å². The average Bonchev–Trinajstić information content (AvgIpc) is 3.66. The van der Waals surface area contributed by atoms with Crippen molar-refractivity contribution < 1.29 is 27.2 Å². The highest BCUT2D eigenvalue weighted by Crippen LogP contribution is 2.43. The Bertz CT molecular complexity index is 1850. The number of amides is 1. The third-order valence-corrected chi connectivity index (χ3v) is 13.2. The molecule has 0 bridgehead atoms. The fraction of sp³-hybridized carbons (Fsp3) is 0.444. The third-order valence-electron chi connectivity index (χ3n) is 11.3. The molecule has 5 rings (SSSR count). The van der Waals surface area contributed by atoms with Gasteiger partial charge in [0.25, 0.3) is 0 Å². The number of hydrogen-bond acceptors (Lipinski definition) is 6. The normalized spacial score (nSPS) is 15.4. The summed E-state index contributed by atoms with van der Waals surface area (Å²) in [5.41, 5.74) is 9.21. The van der Waals surface area contributed by atoms with Gasteiger partial charge in [0, 0.05) is 31.8 Å². The number of likely N-dealkylation sites (tertiary alicyclic amines) is 1. The van der Waals surface area contributed by atoms with Crippen LogP contribution in [0.2, 0.25) is 0 Å². The van der Waals surface area contributed by atoms with Crippen molar-refractivity contribution in [1.29, 1.82) is 0 Å². The van der Waals surface area contributed by atoms with Gasteiger partial charge in [0.15, 0.2) is 0 Å². The topological polar surface area (TPSA) is 102 Å². The zero-order valence-corrected chi connectivity index (χ0v) is 34.1. The molecule has 1 heterocycles. The van der Waals surface area contributed by atoms with Crippen molar-refractivity contribution in [3.05, 3.63) is 131 Å². The van der Waals surface area contributed by atoms with Crippen LogP contribution in [-0.2, 0) is 31.6 Å². The number of rotatable bonds is 22. The smallest absolute Gasteiger partial charge is 0.243 e. The monoisotopic (exact) mass is 769 g/mol. The first-order valence-corrected chi connectivity index (χ1v) is 21.1. The molecule has 2 N–H and O–H groups in total. The summed E-state index contributed by atoms with van der Waals surface area (Å²) >= 11 is 0. The first kappa shape index (κ1) is 42.1. The van der Waals surface area contributed by atoms with Crippen LogP contribution in [0.3, 0.4) is 0 Å². The number of likely N-dealkylation sites (N-methyl/N-ethyl adjacent to an activating group) is 1. The van der Waals surface area contributed by atoms with Crippen molar-refractivity contribution in [2.45, 2.75) is 55.9 Å². The summed E-state index contributed by atoms with van der Waals surface area (Å²) in [5, 5.41) is 0. The van der Waals surface area contributed by atoms with Crippen LogP contribution in [0, 0.1) is 12.8 Å². The van der Waals surface area contributed by atoms with E-state index in [-0.39, 0.29) is 11.8 Å². The summed E-state index contributed by atoms with van der Waals surface area (Å²) in [6, 6.07) is 34.8. The molecule has 0 radical (unpaired) electrons. The van der Waals surface area contributed by atoms with Gasteiger partial charge in [-0.3, -0.25) is 4.79 Å². The molecular weight excluding hydrogens is 709 g/mol. The molecule has 1 unspecified atom stereocenters. The largest absolute Gasteiger partial charge is 0.496 e. The van der Waals surface area contributed by atoms with E-state index in [2.05, 4.69) is 19.0 Å². The Morgan fingerprint density at radius 2 is 1.45 bits per heavy atom. The molecule has 0 spiro atoms. The number of primary amides is 1. The Balaban J connectivity index is 1.18. The minimum absolute atomic E-state index is 0.0634. The molecule has 55 heavy (non-hydrogen) atoms. The van der Waals surface area contributed by atoms with Gasteiger partial charge >= 0.3 is 0 Å². The minimum Gasteiger partial charge on any atom is -0.496 e. The minimum atomic E-state index is -3.74. The van der Waals surface area contributed by atoms with E-state index in [9.17, 15) is 13.2 Å². The molecule has 1 fully saturated rings. The first-order chi connectivity index (χ1) is 26.5. The van der Waals surface area contributed by atoms with Gasteiger partial charge in [-0.1, -0.05) is 103 Å². The molecule has 0 aromatic heterocycles. The summed E-state index contributed by atoms with van der Waals surface area (Å²) in [7, 11) is 2.32. The van der Waals surface area contributed by atoms with Crippen LogP contribution in [0.1, 0.15) is 54.4 Å². The molecule has 4 aromatic carbocycles.